The highest BCUT2D eigenvalue weighted by molar-refractivity contribution is 5.61. The molecule has 0 unspecified atom stereocenters. The summed E-state index contributed by atoms with van der Waals surface area (Å²) in [7, 11) is 0. The summed E-state index contributed by atoms with van der Waals surface area (Å²) in [6, 6.07) is 0. The molecule has 0 aliphatic rings. The van der Waals surface area contributed by atoms with Gasteiger partial charge in [0.25, 0.3) is 0 Å². The Morgan fingerprint density at radius 3 is 2.38 bits per heavy atom. The average molecular weight is 229 g/mol. The van der Waals surface area contributed by atoms with Gasteiger partial charge in [0.05, 0.1) is 5.60 Å². The minimum Gasteiger partial charge on any atom is -0.411 e. The first-order chi connectivity index (χ1) is 7.58. The Bertz CT molecular complexity index is 190. The molecule has 3 heteroatoms. The highest BCUT2D eigenvalue weighted by atomic mass is 16.4. The van der Waals surface area contributed by atoms with Crippen LogP contribution in [0.2, 0.25) is 0 Å². The third-order valence-electron chi connectivity index (χ3n) is 3.17. The van der Waals surface area contributed by atoms with E-state index in [1.54, 1.807) is 0 Å². The lowest BCUT2D eigenvalue weighted by Crippen LogP contribution is -2.35. The number of hydrogen-bond acceptors (Lipinski definition) is 3. The number of hydrogen-bond donors (Lipinski definition) is 2. The molecule has 0 aromatic rings. The van der Waals surface area contributed by atoms with Gasteiger partial charge >= 0.3 is 0 Å². The van der Waals surface area contributed by atoms with Gasteiger partial charge in [0.15, 0.2) is 0 Å². The molecule has 3 nitrogen and oxygen atoms in total. The molecular weight excluding hydrogens is 202 g/mol. The Labute approximate surface area is 99.6 Å². The molecule has 0 aromatic carbocycles. The van der Waals surface area contributed by atoms with Crippen LogP contribution in [0, 0.1) is 5.92 Å². The summed E-state index contributed by atoms with van der Waals surface area (Å²) in [6.45, 7) is 6.07. The van der Waals surface area contributed by atoms with Crippen LogP contribution in [0.4, 0.5) is 0 Å². The summed E-state index contributed by atoms with van der Waals surface area (Å²) in [5.74, 6) is -0.0330. The summed E-state index contributed by atoms with van der Waals surface area (Å²) in [5, 5.41) is 22.0. The number of aliphatic hydroxyl groups is 1. The smallest absolute Gasteiger partial charge is 0.0698 e. The molecule has 2 N–H and O–H groups in total. The topological polar surface area (TPSA) is 52.8 Å². The monoisotopic (exact) mass is 229 g/mol. The van der Waals surface area contributed by atoms with E-state index in [1.807, 2.05) is 6.92 Å². The SMILES string of the molecule is CCCCCC[C@H](/C=N/O)[C@](C)(O)CCC. The quantitative estimate of drug-likeness (QED) is 0.275. The molecule has 0 bridgehead atoms. The lowest BCUT2D eigenvalue weighted by atomic mass is 9.82. The summed E-state index contributed by atoms with van der Waals surface area (Å²) in [5.41, 5.74) is -0.743. The number of rotatable bonds is 9. The van der Waals surface area contributed by atoms with Gasteiger partial charge in [-0.3, -0.25) is 0 Å². The maximum absolute atomic E-state index is 10.3. The molecule has 0 spiro atoms. The minimum atomic E-state index is -0.743. The number of unbranched alkanes of at least 4 members (excludes halogenated alkanes) is 3. The Balaban J connectivity index is 4.15. The van der Waals surface area contributed by atoms with Crippen LogP contribution in [-0.4, -0.2) is 22.1 Å². The fraction of sp³-hybridized carbons (Fsp3) is 0.923. The van der Waals surface area contributed by atoms with Crippen LogP contribution in [0.5, 0.6) is 0 Å². The maximum atomic E-state index is 10.3. The van der Waals surface area contributed by atoms with Crippen molar-refractivity contribution in [3.8, 4) is 0 Å². The van der Waals surface area contributed by atoms with Crippen molar-refractivity contribution in [3.05, 3.63) is 0 Å². The third-order valence-corrected chi connectivity index (χ3v) is 3.17. The van der Waals surface area contributed by atoms with Crippen LogP contribution in [0.3, 0.4) is 0 Å². The lowest BCUT2D eigenvalue weighted by Gasteiger charge is -2.29. The van der Waals surface area contributed by atoms with E-state index in [1.165, 1.54) is 25.5 Å². The van der Waals surface area contributed by atoms with Gasteiger partial charge in [-0.1, -0.05) is 46.0 Å². The predicted octanol–water partition coefficient (Wildman–Crippen LogP) is 3.58. The maximum Gasteiger partial charge on any atom is 0.0698 e. The zero-order valence-electron chi connectivity index (χ0n) is 10.9. The van der Waals surface area contributed by atoms with Crippen molar-refractivity contribution < 1.29 is 10.3 Å². The van der Waals surface area contributed by atoms with Gasteiger partial charge in [-0.25, -0.2) is 0 Å². The third kappa shape index (κ3) is 6.11. The van der Waals surface area contributed by atoms with Crippen LogP contribution in [0.15, 0.2) is 5.16 Å². The Morgan fingerprint density at radius 1 is 1.19 bits per heavy atom. The van der Waals surface area contributed by atoms with Crippen LogP contribution in [-0.2, 0) is 0 Å². The van der Waals surface area contributed by atoms with Crippen molar-refractivity contribution in [1.82, 2.24) is 0 Å². The molecule has 96 valence electrons. The van der Waals surface area contributed by atoms with E-state index in [2.05, 4.69) is 19.0 Å². The van der Waals surface area contributed by atoms with Gasteiger partial charge in [-0.2, -0.15) is 0 Å². The number of oxime groups is 1. The minimum absolute atomic E-state index is 0.0330. The molecule has 0 aromatic heterocycles. The van der Waals surface area contributed by atoms with Crippen molar-refractivity contribution in [2.24, 2.45) is 11.1 Å². The molecule has 0 saturated carbocycles. The highest BCUT2D eigenvalue weighted by Crippen LogP contribution is 2.26. The molecule has 0 aliphatic heterocycles. The van der Waals surface area contributed by atoms with Crippen LogP contribution in [0.25, 0.3) is 0 Å². The second-order valence-corrected chi connectivity index (χ2v) is 4.83. The van der Waals surface area contributed by atoms with Crippen molar-refractivity contribution in [1.29, 1.82) is 0 Å². The normalized spacial score (nSPS) is 17.5. The van der Waals surface area contributed by atoms with Crippen LogP contribution >= 0.6 is 0 Å². The Morgan fingerprint density at radius 2 is 1.88 bits per heavy atom. The zero-order valence-corrected chi connectivity index (χ0v) is 10.9. The molecule has 16 heavy (non-hydrogen) atoms. The van der Waals surface area contributed by atoms with Crippen LogP contribution < -0.4 is 0 Å². The van der Waals surface area contributed by atoms with Crippen molar-refractivity contribution >= 4 is 6.21 Å². The molecule has 0 amide bonds. The van der Waals surface area contributed by atoms with Gasteiger partial charge in [0.1, 0.15) is 0 Å². The van der Waals surface area contributed by atoms with Gasteiger partial charge in [-0.05, 0) is 19.8 Å². The van der Waals surface area contributed by atoms with E-state index in [0.717, 1.165) is 25.7 Å². The molecule has 2 atom stereocenters. The largest absolute Gasteiger partial charge is 0.411 e. The van der Waals surface area contributed by atoms with E-state index in [4.69, 9.17) is 5.21 Å². The first kappa shape index (κ1) is 15.4. The Kier molecular flexibility index (Phi) is 8.26. The van der Waals surface area contributed by atoms with Crippen molar-refractivity contribution in [2.75, 3.05) is 0 Å². The molecule has 0 radical (unpaired) electrons. The van der Waals surface area contributed by atoms with Crippen LogP contribution in [0.1, 0.15) is 65.7 Å². The fourth-order valence-corrected chi connectivity index (χ4v) is 2.11. The second-order valence-electron chi connectivity index (χ2n) is 4.83. The van der Waals surface area contributed by atoms with E-state index in [9.17, 15) is 5.11 Å². The number of nitrogens with zero attached hydrogens (tertiary/aromatic N) is 1. The van der Waals surface area contributed by atoms with Gasteiger partial charge in [0, 0.05) is 12.1 Å². The summed E-state index contributed by atoms with van der Waals surface area (Å²) < 4.78 is 0. The van der Waals surface area contributed by atoms with E-state index >= 15 is 0 Å². The van der Waals surface area contributed by atoms with E-state index in [-0.39, 0.29) is 5.92 Å². The molecule has 0 aliphatic carbocycles. The molecular formula is C13H27NO2. The first-order valence-electron chi connectivity index (χ1n) is 6.48. The molecule has 0 rings (SSSR count). The standard InChI is InChI=1S/C13H27NO2/c1-4-6-7-8-9-12(11-14-16)13(3,15)10-5-2/h11-12,15-16H,4-10H2,1-3H3/b14-11+/t12-,13-/m1/s1. The van der Waals surface area contributed by atoms with Gasteiger partial charge in [-0.15, -0.1) is 5.16 Å². The summed E-state index contributed by atoms with van der Waals surface area (Å²) in [4.78, 5) is 0. The predicted molar refractivity (Wildman–Crippen MR) is 68.1 cm³/mol. The summed E-state index contributed by atoms with van der Waals surface area (Å²) >= 11 is 0. The lowest BCUT2D eigenvalue weighted by molar-refractivity contribution is 0.0134. The fourth-order valence-electron chi connectivity index (χ4n) is 2.11. The van der Waals surface area contributed by atoms with Gasteiger partial charge < -0.3 is 10.3 Å². The van der Waals surface area contributed by atoms with E-state index < -0.39 is 5.60 Å². The van der Waals surface area contributed by atoms with Crippen molar-refractivity contribution in [3.63, 3.8) is 0 Å². The Hall–Kier alpha value is -0.570. The highest BCUT2D eigenvalue weighted by Gasteiger charge is 2.29. The first-order valence-corrected chi connectivity index (χ1v) is 6.48. The molecule has 0 heterocycles. The molecule has 0 saturated heterocycles. The average Bonchev–Trinajstić information content (AvgIpc) is 2.22. The van der Waals surface area contributed by atoms with E-state index in [0.29, 0.717) is 0 Å². The van der Waals surface area contributed by atoms with Gasteiger partial charge in [0.2, 0.25) is 0 Å². The zero-order chi connectivity index (χ0) is 12.4. The molecule has 0 fully saturated rings. The van der Waals surface area contributed by atoms with Crippen molar-refractivity contribution in [2.45, 2.75) is 71.3 Å². The second kappa shape index (κ2) is 8.57. The summed E-state index contributed by atoms with van der Waals surface area (Å²) in [6.07, 6.45) is 8.80.